The normalized spacial score (nSPS) is 13.6. The number of thioether (sulfide) groups is 2. The van der Waals surface area contributed by atoms with Gasteiger partial charge in [0.15, 0.2) is 0 Å². The average Bonchev–Trinajstić information content (AvgIpc) is 3.14. The fourth-order valence-electron chi connectivity index (χ4n) is 4.81. The van der Waals surface area contributed by atoms with Crippen molar-refractivity contribution in [1.29, 1.82) is 0 Å². The molecule has 0 nitrogen and oxygen atoms in total. The van der Waals surface area contributed by atoms with Gasteiger partial charge in [-0.3, -0.25) is 0 Å². The molecule has 0 heterocycles. The van der Waals surface area contributed by atoms with E-state index < -0.39 is 0 Å². The second-order valence-corrected chi connectivity index (χ2v) is 14.4. The SMILES string of the molecule is CSc1ccc(/C=C/C=C(C)/C=C/C(=C/C=C/C=C(/C=C/C(C)=C/C=C/c2ccc(SC)cc2)c2ccc(Br)cc2)c2ccc(C)cc2)cc1. The summed E-state index contributed by atoms with van der Waals surface area (Å²) in [6.45, 7) is 6.38. The zero-order valence-corrected chi connectivity index (χ0v) is 32.7. The van der Waals surface area contributed by atoms with Crippen LogP contribution in [0.5, 0.6) is 0 Å². The summed E-state index contributed by atoms with van der Waals surface area (Å²) in [5, 5.41) is 0. The number of aryl methyl sites for hydroxylation is 1. The number of allylic oxidation sites excluding steroid dienone is 16. The largest absolute Gasteiger partial charge is 0.130 e. The van der Waals surface area contributed by atoms with E-state index in [1.165, 1.54) is 43.2 Å². The summed E-state index contributed by atoms with van der Waals surface area (Å²) in [7, 11) is 0. The van der Waals surface area contributed by atoms with Gasteiger partial charge in [-0.15, -0.1) is 23.5 Å². The van der Waals surface area contributed by atoms with Crippen molar-refractivity contribution in [3.63, 3.8) is 0 Å². The van der Waals surface area contributed by atoms with Crippen molar-refractivity contribution in [1.82, 2.24) is 0 Å². The van der Waals surface area contributed by atoms with Crippen LogP contribution in [0.15, 0.2) is 195 Å². The number of hydrogen-bond acceptors (Lipinski definition) is 2. The van der Waals surface area contributed by atoms with E-state index in [0.717, 1.165) is 21.2 Å². The molecular formula is C47H45BrS2. The van der Waals surface area contributed by atoms with E-state index in [9.17, 15) is 0 Å². The molecule has 50 heavy (non-hydrogen) atoms. The molecule has 0 bridgehead atoms. The topological polar surface area (TPSA) is 0 Å². The lowest BCUT2D eigenvalue weighted by atomic mass is 10.0. The molecule has 0 saturated heterocycles. The van der Waals surface area contributed by atoms with Gasteiger partial charge in [-0.05, 0) is 103 Å². The Bertz CT molecular complexity index is 1800. The first-order chi connectivity index (χ1) is 24.3. The standard InChI is InChI=1S/C47H45BrS2/c1-36(10-8-12-39-20-32-46(49-4)33-21-39)16-24-41(43-26-18-38(3)19-27-43)14-6-7-15-42(44-28-30-45(48)31-29-44)25-17-37(2)11-9-13-40-22-34-47(50-5)35-23-40/h6-35H,1-5H3/b7-6+,12-8+,13-9+,24-16+,25-17+,36-10+,37-11+,41-14-,42-15-. The molecule has 0 unspecified atom stereocenters. The molecule has 0 atom stereocenters. The molecule has 4 rings (SSSR count). The molecule has 0 aromatic heterocycles. The van der Waals surface area contributed by atoms with Crippen LogP contribution in [0.25, 0.3) is 23.3 Å². The van der Waals surface area contributed by atoms with Gasteiger partial charge in [0.25, 0.3) is 0 Å². The van der Waals surface area contributed by atoms with Crippen LogP contribution in [0, 0.1) is 6.92 Å². The Morgan fingerprint density at radius 2 is 0.880 bits per heavy atom. The zero-order chi connectivity index (χ0) is 35.6. The van der Waals surface area contributed by atoms with E-state index in [1.807, 2.05) is 0 Å². The smallest absolute Gasteiger partial charge is 0.0175 e. The minimum atomic E-state index is 1.06. The van der Waals surface area contributed by atoms with Crippen molar-refractivity contribution in [3.8, 4) is 0 Å². The van der Waals surface area contributed by atoms with Crippen molar-refractivity contribution in [3.05, 3.63) is 213 Å². The van der Waals surface area contributed by atoms with Gasteiger partial charge in [-0.1, -0.05) is 178 Å². The van der Waals surface area contributed by atoms with Gasteiger partial charge in [0, 0.05) is 14.3 Å². The number of rotatable bonds is 14. The molecule has 0 amide bonds. The van der Waals surface area contributed by atoms with Crippen LogP contribution >= 0.6 is 39.5 Å². The highest BCUT2D eigenvalue weighted by molar-refractivity contribution is 9.10. The lowest BCUT2D eigenvalue weighted by Gasteiger charge is -2.04. The Hall–Kier alpha value is -4.28. The summed E-state index contributed by atoms with van der Waals surface area (Å²) in [6, 6.07) is 34.4. The quantitative estimate of drug-likeness (QED) is 0.0929. The fraction of sp³-hybridized carbons (Fsp3) is 0.106. The summed E-state index contributed by atoms with van der Waals surface area (Å²) in [5.41, 5.74) is 10.6. The fourth-order valence-corrected chi connectivity index (χ4v) is 5.89. The molecule has 252 valence electrons. The summed E-state index contributed by atoms with van der Waals surface area (Å²) in [4.78, 5) is 2.55. The van der Waals surface area contributed by atoms with Crippen LogP contribution in [-0.2, 0) is 0 Å². The van der Waals surface area contributed by atoms with Crippen molar-refractivity contribution < 1.29 is 0 Å². The number of hydrogen-bond donors (Lipinski definition) is 0. The Balaban J connectivity index is 1.54. The zero-order valence-electron chi connectivity index (χ0n) is 29.5. The molecule has 0 fully saturated rings. The lowest BCUT2D eigenvalue weighted by molar-refractivity contribution is 1.45. The van der Waals surface area contributed by atoms with Gasteiger partial charge in [-0.2, -0.15) is 0 Å². The molecule has 0 saturated carbocycles. The molecule has 3 heteroatoms. The van der Waals surface area contributed by atoms with Crippen molar-refractivity contribution in [2.24, 2.45) is 0 Å². The van der Waals surface area contributed by atoms with E-state index in [2.05, 4.69) is 231 Å². The summed E-state index contributed by atoms with van der Waals surface area (Å²) in [6.07, 6.45) is 34.3. The molecular weight excluding hydrogens is 709 g/mol. The molecule has 0 radical (unpaired) electrons. The van der Waals surface area contributed by atoms with Gasteiger partial charge >= 0.3 is 0 Å². The van der Waals surface area contributed by atoms with Crippen LogP contribution in [-0.4, -0.2) is 12.5 Å². The third-order valence-electron chi connectivity index (χ3n) is 7.80. The second-order valence-electron chi connectivity index (χ2n) is 11.8. The van der Waals surface area contributed by atoms with E-state index in [4.69, 9.17) is 0 Å². The molecule has 0 aliphatic carbocycles. The van der Waals surface area contributed by atoms with Gasteiger partial charge in [0.05, 0.1) is 0 Å². The third kappa shape index (κ3) is 13.6. The van der Waals surface area contributed by atoms with E-state index in [1.54, 1.807) is 23.5 Å². The lowest BCUT2D eigenvalue weighted by Crippen LogP contribution is -1.82. The first kappa shape index (κ1) is 38.5. The third-order valence-corrected chi connectivity index (χ3v) is 9.82. The van der Waals surface area contributed by atoms with Gasteiger partial charge in [0.1, 0.15) is 0 Å². The van der Waals surface area contributed by atoms with Crippen LogP contribution < -0.4 is 0 Å². The Morgan fingerprint density at radius 3 is 1.28 bits per heavy atom. The maximum atomic E-state index is 3.58. The summed E-state index contributed by atoms with van der Waals surface area (Å²) in [5.74, 6) is 0. The Labute approximate surface area is 317 Å². The maximum Gasteiger partial charge on any atom is 0.0175 e. The number of benzene rings is 4. The Morgan fingerprint density at radius 1 is 0.480 bits per heavy atom. The van der Waals surface area contributed by atoms with Crippen molar-refractivity contribution in [2.75, 3.05) is 12.5 Å². The average molecular weight is 754 g/mol. The summed E-state index contributed by atoms with van der Waals surface area (Å²) >= 11 is 7.10. The van der Waals surface area contributed by atoms with Crippen LogP contribution in [0.2, 0.25) is 0 Å². The molecule has 0 aliphatic rings. The molecule has 0 spiro atoms. The monoisotopic (exact) mass is 752 g/mol. The predicted octanol–water partition coefficient (Wildman–Crippen LogP) is 14.7. The van der Waals surface area contributed by atoms with Gasteiger partial charge in [0.2, 0.25) is 0 Å². The first-order valence-electron chi connectivity index (χ1n) is 16.6. The predicted molar refractivity (Wildman–Crippen MR) is 231 cm³/mol. The molecule has 4 aromatic carbocycles. The minimum absolute atomic E-state index is 1.06. The van der Waals surface area contributed by atoms with Crippen molar-refractivity contribution >= 4 is 62.8 Å². The Kier molecular flexibility index (Phi) is 16.2. The molecule has 0 aliphatic heterocycles. The van der Waals surface area contributed by atoms with Crippen LogP contribution in [0.1, 0.15) is 41.7 Å². The van der Waals surface area contributed by atoms with Gasteiger partial charge < -0.3 is 0 Å². The van der Waals surface area contributed by atoms with Crippen LogP contribution in [0.4, 0.5) is 0 Å². The van der Waals surface area contributed by atoms with E-state index in [0.29, 0.717) is 0 Å². The summed E-state index contributed by atoms with van der Waals surface area (Å²) < 4.78 is 1.06. The van der Waals surface area contributed by atoms with E-state index in [-0.39, 0.29) is 0 Å². The van der Waals surface area contributed by atoms with Crippen molar-refractivity contribution in [2.45, 2.75) is 30.6 Å². The minimum Gasteiger partial charge on any atom is -0.130 e. The highest BCUT2D eigenvalue weighted by Gasteiger charge is 1.99. The van der Waals surface area contributed by atoms with Gasteiger partial charge in [-0.25, -0.2) is 0 Å². The maximum absolute atomic E-state index is 3.58. The second kappa shape index (κ2) is 21.1. The highest BCUT2D eigenvalue weighted by Crippen LogP contribution is 2.22. The first-order valence-corrected chi connectivity index (χ1v) is 19.8. The number of halogens is 1. The molecule has 4 aromatic rings. The highest BCUT2D eigenvalue weighted by atomic mass is 79.9. The molecule has 0 N–H and O–H groups in total. The van der Waals surface area contributed by atoms with E-state index >= 15 is 0 Å². The van der Waals surface area contributed by atoms with Crippen LogP contribution in [0.3, 0.4) is 0 Å².